The van der Waals surface area contributed by atoms with Crippen LogP contribution in [0.3, 0.4) is 0 Å². The van der Waals surface area contributed by atoms with Crippen LogP contribution in [0.2, 0.25) is 0 Å². The van der Waals surface area contributed by atoms with E-state index in [-0.39, 0.29) is 24.8 Å². The summed E-state index contributed by atoms with van der Waals surface area (Å²) in [5.41, 5.74) is -0.951. The zero-order valence-electron chi connectivity index (χ0n) is 16.3. The summed E-state index contributed by atoms with van der Waals surface area (Å²) in [6.07, 6.45) is 0.656. The van der Waals surface area contributed by atoms with Gasteiger partial charge in [-0.1, -0.05) is 22.0 Å². The minimum absolute atomic E-state index is 0.243. The molecule has 1 aliphatic heterocycles. The average Bonchev–Trinajstić information content (AvgIpc) is 2.56. The van der Waals surface area contributed by atoms with Crippen LogP contribution in [-0.2, 0) is 20.7 Å². The van der Waals surface area contributed by atoms with E-state index < -0.39 is 17.1 Å². The highest BCUT2D eigenvalue weighted by atomic mass is 79.9. The van der Waals surface area contributed by atoms with E-state index >= 15 is 0 Å². The lowest BCUT2D eigenvalue weighted by atomic mass is 9.73. The third-order valence-corrected chi connectivity index (χ3v) is 5.12. The molecule has 1 aliphatic rings. The highest BCUT2D eigenvalue weighted by Gasteiger charge is 2.44. The molecule has 1 saturated heterocycles. The van der Waals surface area contributed by atoms with Crippen molar-refractivity contribution in [1.82, 2.24) is 4.90 Å². The van der Waals surface area contributed by atoms with Crippen LogP contribution in [0.4, 0.5) is 9.18 Å². The second-order valence-electron chi connectivity index (χ2n) is 7.88. The van der Waals surface area contributed by atoms with Gasteiger partial charge in [-0.3, -0.25) is 4.79 Å². The van der Waals surface area contributed by atoms with Gasteiger partial charge < -0.3 is 14.4 Å². The molecule has 0 N–H and O–H groups in total. The van der Waals surface area contributed by atoms with Crippen LogP contribution in [0.25, 0.3) is 0 Å². The monoisotopic (exact) mass is 443 g/mol. The molecule has 1 aromatic rings. The first kappa shape index (κ1) is 21.7. The highest BCUT2D eigenvalue weighted by Crippen LogP contribution is 2.38. The first-order valence-corrected chi connectivity index (χ1v) is 9.95. The Morgan fingerprint density at radius 2 is 1.89 bits per heavy atom. The molecule has 2 rings (SSSR count). The zero-order chi connectivity index (χ0) is 20.2. The Morgan fingerprint density at radius 1 is 1.26 bits per heavy atom. The number of hydrogen-bond acceptors (Lipinski definition) is 4. The number of piperidine rings is 1. The average molecular weight is 444 g/mol. The number of amides is 1. The van der Waals surface area contributed by atoms with E-state index in [0.717, 1.165) is 0 Å². The van der Waals surface area contributed by atoms with E-state index in [9.17, 15) is 14.0 Å². The molecule has 0 saturated carbocycles. The molecular weight excluding hydrogens is 417 g/mol. The number of nitrogens with zero attached hydrogens (tertiary/aromatic N) is 1. The van der Waals surface area contributed by atoms with E-state index in [1.807, 2.05) is 20.8 Å². The van der Waals surface area contributed by atoms with E-state index in [2.05, 4.69) is 15.9 Å². The summed E-state index contributed by atoms with van der Waals surface area (Å²) in [7, 11) is 0. The van der Waals surface area contributed by atoms with E-state index in [1.165, 1.54) is 6.07 Å². The van der Waals surface area contributed by atoms with Crippen molar-refractivity contribution in [1.29, 1.82) is 0 Å². The van der Waals surface area contributed by atoms with Crippen LogP contribution in [-0.4, -0.2) is 42.3 Å². The van der Waals surface area contributed by atoms with Gasteiger partial charge in [0, 0.05) is 17.6 Å². The van der Waals surface area contributed by atoms with Gasteiger partial charge in [0.2, 0.25) is 0 Å². The van der Waals surface area contributed by atoms with Crippen LogP contribution in [0, 0.1) is 11.2 Å². The first-order chi connectivity index (χ1) is 12.6. The molecule has 5 nitrogen and oxygen atoms in total. The number of carbonyl (C=O) groups excluding carboxylic acids is 2. The SMILES string of the molecule is CCOC(=O)C1(Cc2ccc(Br)cc2F)CCN(C(=O)OC(C)(C)C)CC1. The number of ether oxygens (including phenoxy) is 2. The molecule has 1 heterocycles. The molecular formula is C20H27BrFNO4. The predicted octanol–water partition coefficient (Wildman–Crippen LogP) is 4.71. The van der Waals surface area contributed by atoms with Crippen molar-refractivity contribution >= 4 is 28.0 Å². The Bertz CT molecular complexity index is 694. The van der Waals surface area contributed by atoms with Gasteiger partial charge in [0.15, 0.2) is 0 Å². The summed E-state index contributed by atoms with van der Waals surface area (Å²) >= 11 is 3.25. The third kappa shape index (κ3) is 5.67. The molecule has 0 bridgehead atoms. The van der Waals surface area contributed by atoms with Crippen molar-refractivity contribution in [2.75, 3.05) is 19.7 Å². The number of hydrogen-bond donors (Lipinski definition) is 0. The largest absolute Gasteiger partial charge is 0.466 e. The second-order valence-corrected chi connectivity index (χ2v) is 8.80. The first-order valence-electron chi connectivity index (χ1n) is 9.15. The summed E-state index contributed by atoms with van der Waals surface area (Å²) in [4.78, 5) is 26.6. The van der Waals surface area contributed by atoms with Crippen LogP contribution in [0.1, 0.15) is 46.1 Å². The molecule has 0 aliphatic carbocycles. The van der Waals surface area contributed by atoms with Gasteiger partial charge >= 0.3 is 12.1 Å². The van der Waals surface area contributed by atoms with Gasteiger partial charge in [-0.15, -0.1) is 0 Å². The molecule has 0 radical (unpaired) electrons. The van der Waals surface area contributed by atoms with Crippen molar-refractivity contribution in [3.05, 3.63) is 34.1 Å². The Labute approximate surface area is 168 Å². The van der Waals surface area contributed by atoms with Crippen molar-refractivity contribution < 1.29 is 23.5 Å². The summed E-state index contributed by atoms with van der Waals surface area (Å²) in [5.74, 6) is -0.696. The summed E-state index contributed by atoms with van der Waals surface area (Å²) < 4.78 is 25.7. The van der Waals surface area contributed by atoms with Gasteiger partial charge in [0.1, 0.15) is 11.4 Å². The van der Waals surface area contributed by atoms with Crippen LogP contribution in [0.15, 0.2) is 22.7 Å². The quantitative estimate of drug-likeness (QED) is 0.632. The molecule has 150 valence electrons. The lowest BCUT2D eigenvalue weighted by Gasteiger charge is -2.40. The summed E-state index contributed by atoms with van der Waals surface area (Å²) in [6, 6.07) is 4.83. The molecule has 1 amide bonds. The molecule has 0 spiro atoms. The molecule has 1 aromatic carbocycles. The maximum Gasteiger partial charge on any atom is 0.410 e. The lowest BCUT2D eigenvalue weighted by Crippen LogP contribution is -2.49. The second kappa shape index (κ2) is 8.59. The normalized spacial score (nSPS) is 16.7. The van der Waals surface area contributed by atoms with Gasteiger partial charge in [-0.05, 0) is 64.7 Å². The smallest absolute Gasteiger partial charge is 0.410 e. The van der Waals surface area contributed by atoms with Gasteiger partial charge in [-0.2, -0.15) is 0 Å². The Morgan fingerprint density at radius 3 is 2.41 bits per heavy atom. The highest BCUT2D eigenvalue weighted by molar-refractivity contribution is 9.10. The van der Waals surface area contributed by atoms with E-state index in [1.54, 1.807) is 24.0 Å². The van der Waals surface area contributed by atoms with Gasteiger partial charge in [0.25, 0.3) is 0 Å². The fourth-order valence-corrected chi connectivity index (χ4v) is 3.54. The van der Waals surface area contributed by atoms with E-state index in [0.29, 0.717) is 36.0 Å². The van der Waals surface area contributed by atoms with Crippen LogP contribution in [0.5, 0.6) is 0 Å². The zero-order valence-corrected chi connectivity index (χ0v) is 17.9. The predicted molar refractivity (Wildman–Crippen MR) is 104 cm³/mol. The van der Waals surface area contributed by atoms with Crippen molar-refractivity contribution in [2.45, 2.75) is 52.6 Å². The minimum Gasteiger partial charge on any atom is -0.466 e. The summed E-state index contributed by atoms with van der Waals surface area (Å²) in [5, 5.41) is 0. The molecule has 27 heavy (non-hydrogen) atoms. The standard InChI is InChI=1S/C20H27BrFNO4/c1-5-26-17(24)20(13-14-6-7-15(21)12-16(14)22)8-10-23(11-9-20)18(25)27-19(2,3)4/h6-7,12H,5,8-11,13H2,1-4H3. The van der Waals surface area contributed by atoms with Gasteiger partial charge in [-0.25, -0.2) is 9.18 Å². The van der Waals surface area contributed by atoms with Crippen molar-refractivity contribution in [2.24, 2.45) is 5.41 Å². The molecule has 7 heteroatoms. The van der Waals surface area contributed by atoms with Crippen molar-refractivity contribution in [3.8, 4) is 0 Å². The van der Waals surface area contributed by atoms with Gasteiger partial charge in [0.05, 0.1) is 12.0 Å². The lowest BCUT2D eigenvalue weighted by molar-refractivity contribution is -0.158. The number of halogens is 2. The van der Waals surface area contributed by atoms with Crippen LogP contribution >= 0.6 is 15.9 Å². The van der Waals surface area contributed by atoms with Crippen LogP contribution < -0.4 is 0 Å². The minimum atomic E-state index is -0.844. The Hall–Kier alpha value is -1.63. The fourth-order valence-electron chi connectivity index (χ4n) is 3.21. The molecule has 0 aromatic heterocycles. The summed E-state index contributed by atoms with van der Waals surface area (Å²) in [6.45, 7) is 8.19. The van der Waals surface area contributed by atoms with E-state index in [4.69, 9.17) is 9.47 Å². The fraction of sp³-hybridized carbons (Fsp3) is 0.600. The molecule has 0 unspecified atom stereocenters. The maximum atomic E-state index is 14.3. The Kier molecular flexibility index (Phi) is 6.89. The third-order valence-electron chi connectivity index (χ3n) is 4.62. The van der Waals surface area contributed by atoms with Crippen molar-refractivity contribution in [3.63, 3.8) is 0 Å². The maximum absolute atomic E-state index is 14.3. The number of rotatable bonds is 4. The topological polar surface area (TPSA) is 55.8 Å². The number of likely N-dealkylation sites (tertiary alicyclic amines) is 1. The number of benzene rings is 1. The molecule has 1 fully saturated rings. The number of carbonyl (C=O) groups is 2. The molecule has 0 atom stereocenters. The Balaban J connectivity index is 2.17. The number of esters is 1.